The van der Waals surface area contributed by atoms with Gasteiger partial charge in [0, 0.05) is 23.2 Å². The molecule has 0 radical (unpaired) electrons. The number of benzene rings is 1. The number of hydrogen-bond donors (Lipinski definition) is 1. The van der Waals surface area contributed by atoms with Crippen molar-refractivity contribution in [2.75, 3.05) is 11.9 Å². The summed E-state index contributed by atoms with van der Waals surface area (Å²) < 4.78 is 0. The van der Waals surface area contributed by atoms with Crippen molar-refractivity contribution < 1.29 is 0 Å². The number of fused-ring (bicyclic) bond motifs is 1. The first-order valence-electron chi connectivity index (χ1n) is 6.09. The minimum Gasteiger partial charge on any atom is -0.383 e. The van der Waals surface area contributed by atoms with Gasteiger partial charge in [-0.1, -0.05) is 37.4 Å². The van der Waals surface area contributed by atoms with E-state index < -0.39 is 0 Å². The number of rotatable bonds is 5. The van der Waals surface area contributed by atoms with Crippen LogP contribution in [-0.4, -0.2) is 11.5 Å². The van der Waals surface area contributed by atoms with Crippen LogP contribution in [0, 0.1) is 0 Å². The highest BCUT2D eigenvalue weighted by atomic mass is 35.5. The zero-order chi connectivity index (χ0) is 12.1. The molecule has 2 nitrogen and oxygen atoms in total. The summed E-state index contributed by atoms with van der Waals surface area (Å²) in [6.07, 6.45) is 5.47. The lowest BCUT2D eigenvalue weighted by molar-refractivity contribution is 0.744. The molecular formula is C14H17ClN2. The van der Waals surface area contributed by atoms with Gasteiger partial charge in [0.25, 0.3) is 0 Å². The summed E-state index contributed by atoms with van der Waals surface area (Å²) in [6.45, 7) is 3.18. The van der Waals surface area contributed by atoms with Gasteiger partial charge in [-0.3, -0.25) is 4.98 Å². The normalized spacial score (nSPS) is 10.7. The molecule has 2 rings (SSSR count). The van der Waals surface area contributed by atoms with Crippen LogP contribution in [-0.2, 0) is 0 Å². The van der Waals surface area contributed by atoms with Crippen molar-refractivity contribution in [1.82, 2.24) is 4.98 Å². The maximum atomic E-state index is 6.10. The van der Waals surface area contributed by atoms with Gasteiger partial charge in [0.15, 0.2) is 0 Å². The summed E-state index contributed by atoms with van der Waals surface area (Å²) in [5.41, 5.74) is 2.03. The maximum absolute atomic E-state index is 6.10. The van der Waals surface area contributed by atoms with Crippen LogP contribution in [0.15, 0.2) is 30.5 Å². The van der Waals surface area contributed by atoms with Crippen LogP contribution in [0.3, 0.4) is 0 Å². The molecule has 0 amide bonds. The van der Waals surface area contributed by atoms with E-state index in [2.05, 4.69) is 17.2 Å². The molecule has 1 N–H and O–H groups in total. The number of anilines is 1. The highest BCUT2D eigenvalue weighted by molar-refractivity contribution is 6.31. The molecular weight excluding hydrogens is 232 g/mol. The fourth-order valence-electron chi connectivity index (χ4n) is 1.89. The number of nitrogens with zero attached hydrogens (tertiary/aromatic N) is 1. The summed E-state index contributed by atoms with van der Waals surface area (Å²) in [5, 5.41) is 5.25. The molecule has 90 valence electrons. The number of unbranched alkanes of at least 4 members (excludes halogenated alkanes) is 2. The Morgan fingerprint density at radius 2 is 2.18 bits per heavy atom. The number of nitrogens with one attached hydrogen (secondary N) is 1. The maximum Gasteiger partial charge on any atom is 0.0934 e. The highest BCUT2D eigenvalue weighted by Crippen LogP contribution is 2.26. The van der Waals surface area contributed by atoms with E-state index in [1.54, 1.807) is 0 Å². The molecule has 1 heterocycles. The Bertz CT molecular complexity index is 497. The molecule has 0 aliphatic carbocycles. The average molecular weight is 249 g/mol. The lowest BCUT2D eigenvalue weighted by atomic mass is 10.2. The fraction of sp³-hybridized carbons (Fsp3) is 0.357. The molecule has 0 bridgehead atoms. The van der Waals surface area contributed by atoms with Crippen LogP contribution in [0.5, 0.6) is 0 Å². The Morgan fingerprint density at radius 3 is 3.00 bits per heavy atom. The molecule has 0 spiro atoms. The molecule has 1 aromatic heterocycles. The number of pyridine rings is 1. The van der Waals surface area contributed by atoms with E-state index in [0.717, 1.165) is 28.2 Å². The molecule has 17 heavy (non-hydrogen) atoms. The molecule has 0 aliphatic rings. The Morgan fingerprint density at radius 1 is 1.29 bits per heavy atom. The Balaban J connectivity index is 2.20. The van der Waals surface area contributed by atoms with E-state index in [1.165, 1.54) is 19.3 Å². The van der Waals surface area contributed by atoms with E-state index in [9.17, 15) is 0 Å². The number of halogens is 1. The van der Waals surface area contributed by atoms with Gasteiger partial charge in [-0.2, -0.15) is 0 Å². The third-order valence-corrected chi connectivity index (χ3v) is 2.98. The van der Waals surface area contributed by atoms with Gasteiger partial charge in [-0.25, -0.2) is 0 Å². The molecule has 0 unspecified atom stereocenters. The topological polar surface area (TPSA) is 24.9 Å². The van der Waals surface area contributed by atoms with Gasteiger partial charge in [-0.05, 0) is 24.6 Å². The summed E-state index contributed by atoms with van der Waals surface area (Å²) in [6, 6.07) is 7.86. The second-order valence-electron chi connectivity index (χ2n) is 4.16. The predicted octanol–water partition coefficient (Wildman–Crippen LogP) is 4.49. The first-order chi connectivity index (χ1) is 8.31. The third-order valence-electron chi connectivity index (χ3n) is 2.77. The Kier molecular flexibility index (Phi) is 4.21. The SMILES string of the molecule is CCCCCNc1cc(Cl)cc2cccnc12. The first kappa shape index (κ1) is 12.2. The van der Waals surface area contributed by atoms with Crippen LogP contribution in [0.2, 0.25) is 5.02 Å². The fourth-order valence-corrected chi connectivity index (χ4v) is 2.12. The van der Waals surface area contributed by atoms with Crippen LogP contribution >= 0.6 is 11.6 Å². The van der Waals surface area contributed by atoms with Crippen LogP contribution in [0.1, 0.15) is 26.2 Å². The lowest BCUT2D eigenvalue weighted by Crippen LogP contribution is -2.02. The van der Waals surface area contributed by atoms with Gasteiger partial charge < -0.3 is 5.32 Å². The quantitative estimate of drug-likeness (QED) is 0.789. The second-order valence-corrected chi connectivity index (χ2v) is 4.60. The van der Waals surface area contributed by atoms with E-state index in [0.29, 0.717) is 0 Å². The monoisotopic (exact) mass is 248 g/mol. The van der Waals surface area contributed by atoms with Crippen molar-refractivity contribution in [3.8, 4) is 0 Å². The molecule has 1 aromatic carbocycles. The predicted molar refractivity (Wildman–Crippen MR) is 74.8 cm³/mol. The van der Waals surface area contributed by atoms with Crippen LogP contribution in [0.25, 0.3) is 10.9 Å². The largest absolute Gasteiger partial charge is 0.383 e. The van der Waals surface area contributed by atoms with E-state index in [4.69, 9.17) is 11.6 Å². The molecule has 0 aliphatic heterocycles. The number of hydrogen-bond acceptors (Lipinski definition) is 2. The van der Waals surface area contributed by atoms with Crippen molar-refractivity contribution in [3.05, 3.63) is 35.5 Å². The van der Waals surface area contributed by atoms with Crippen molar-refractivity contribution in [2.45, 2.75) is 26.2 Å². The van der Waals surface area contributed by atoms with Gasteiger partial charge in [0.2, 0.25) is 0 Å². The van der Waals surface area contributed by atoms with E-state index in [-0.39, 0.29) is 0 Å². The zero-order valence-corrected chi connectivity index (χ0v) is 10.8. The second kappa shape index (κ2) is 5.87. The molecule has 2 aromatic rings. The van der Waals surface area contributed by atoms with Gasteiger partial charge in [0.05, 0.1) is 11.2 Å². The van der Waals surface area contributed by atoms with Crippen LogP contribution < -0.4 is 5.32 Å². The van der Waals surface area contributed by atoms with Crippen LogP contribution in [0.4, 0.5) is 5.69 Å². The Hall–Kier alpha value is -1.28. The molecule has 3 heteroatoms. The van der Waals surface area contributed by atoms with Crippen molar-refractivity contribution in [2.24, 2.45) is 0 Å². The van der Waals surface area contributed by atoms with Gasteiger partial charge >= 0.3 is 0 Å². The van der Waals surface area contributed by atoms with Gasteiger partial charge in [-0.15, -0.1) is 0 Å². The minimum absolute atomic E-state index is 0.753. The third kappa shape index (κ3) is 3.10. The summed E-state index contributed by atoms with van der Waals surface area (Å²) >= 11 is 6.10. The average Bonchev–Trinajstić information content (AvgIpc) is 2.34. The van der Waals surface area contributed by atoms with Crippen molar-refractivity contribution >= 4 is 28.2 Å². The molecule has 0 atom stereocenters. The molecule has 0 saturated carbocycles. The van der Waals surface area contributed by atoms with Gasteiger partial charge in [0.1, 0.15) is 0 Å². The summed E-state index contributed by atoms with van der Waals surface area (Å²) in [4.78, 5) is 4.40. The van der Waals surface area contributed by atoms with Crippen molar-refractivity contribution in [1.29, 1.82) is 0 Å². The minimum atomic E-state index is 0.753. The molecule has 0 saturated heterocycles. The molecule has 0 fully saturated rings. The Labute approximate surface area is 107 Å². The standard InChI is InChI=1S/C14H17ClN2/c1-2-3-4-7-16-13-10-12(15)9-11-6-5-8-17-14(11)13/h5-6,8-10,16H,2-4,7H2,1H3. The van der Waals surface area contributed by atoms with Crippen molar-refractivity contribution in [3.63, 3.8) is 0 Å². The smallest absolute Gasteiger partial charge is 0.0934 e. The highest BCUT2D eigenvalue weighted by Gasteiger charge is 2.03. The zero-order valence-electron chi connectivity index (χ0n) is 10.0. The first-order valence-corrected chi connectivity index (χ1v) is 6.47. The number of aromatic nitrogens is 1. The van der Waals surface area contributed by atoms with E-state index >= 15 is 0 Å². The summed E-state index contributed by atoms with van der Waals surface area (Å²) in [5.74, 6) is 0. The lowest BCUT2D eigenvalue weighted by Gasteiger charge is -2.09. The summed E-state index contributed by atoms with van der Waals surface area (Å²) in [7, 11) is 0. The van der Waals surface area contributed by atoms with E-state index in [1.807, 2.05) is 30.5 Å².